The fourth-order valence-electron chi connectivity index (χ4n) is 0.609. The number of hydrogen-bond donors (Lipinski definition) is 0. The van der Waals surface area contributed by atoms with Crippen molar-refractivity contribution < 1.29 is 4.79 Å². The summed E-state index contributed by atoms with van der Waals surface area (Å²) >= 11 is 0. The SMILES string of the molecule is CCC#CC(=O)CC(C)C. The van der Waals surface area contributed by atoms with Crippen LogP contribution in [-0.2, 0) is 4.79 Å². The number of carbonyl (C=O) groups is 1. The zero-order valence-electron chi connectivity index (χ0n) is 6.90. The molecule has 1 nitrogen and oxygen atoms in total. The van der Waals surface area contributed by atoms with Crippen LogP contribution in [0.15, 0.2) is 0 Å². The minimum absolute atomic E-state index is 0.0665. The Bertz CT molecular complexity index is 157. The van der Waals surface area contributed by atoms with Crippen molar-refractivity contribution in [3.8, 4) is 11.8 Å². The van der Waals surface area contributed by atoms with Crippen LogP contribution in [0.3, 0.4) is 0 Å². The number of ketones is 1. The van der Waals surface area contributed by atoms with Crippen LogP contribution in [0.1, 0.15) is 33.6 Å². The lowest BCUT2D eigenvalue weighted by Crippen LogP contribution is -1.98. The Labute approximate surface area is 62.8 Å². The van der Waals surface area contributed by atoms with Gasteiger partial charge < -0.3 is 0 Å². The van der Waals surface area contributed by atoms with E-state index in [0.717, 1.165) is 6.42 Å². The fourth-order valence-corrected chi connectivity index (χ4v) is 0.609. The molecular formula is C9H14O. The monoisotopic (exact) mass is 138 g/mol. The van der Waals surface area contributed by atoms with Gasteiger partial charge in [-0.1, -0.05) is 26.7 Å². The van der Waals surface area contributed by atoms with Crippen LogP contribution in [0, 0.1) is 17.8 Å². The normalized spacial score (nSPS) is 8.80. The second kappa shape index (κ2) is 5.05. The van der Waals surface area contributed by atoms with E-state index in [4.69, 9.17) is 0 Å². The molecule has 0 fully saturated rings. The standard InChI is InChI=1S/C9H14O/c1-4-5-6-9(10)7-8(2)3/h8H,4,7H2,1-3H3. The van der Waals surface area contributed by atoms with Gasteiger partial charge in [-0.15, -0.1) is 0 Å². The second-order valence-electron chi connectivity index (χ2n) is 2.68. The van der Waals surface area contributed by atoms with Crippen molar-refractivity contribution in [1.29, 1.82) is 0 Å². The zero-order valence-corrected chi connectivity index (χ0v) is 6.90. The summed E-state index contributed by atoms with van der Waals surface area (Å²) in [4.78, 5) is 10.8. The van der Waals surface area contributed by atoms with Crippen LogP contribution >= 0.6 is 0 Å². The molecule has 0 N–H and O–H groups in total. The van der Waals surface area contributed by atoms with Crippen LogP contribution in [0.2, 0.25) is 0 Å². The maximum absolute atomic E-state index is 10.8. The smallest absolute Gasteiger partial charge is 0.205 e. The Morgan fingerprint density at radius 2 is 2.10 bits per heavy atom. The van der Waals surface area contributed by atoms with E-state index < -0.39 is 0 Å². The van der Waals surface area contributed by atoms with Gasteiger partial charge in [0.15, 0.2) is 0 Å². The van der Waals surface area contributed by atoms with Gasteiger partial charge in [-0.2, -0.15) is 0 Å². The largest absolute Gasteiger partial charge is 0.285 e. The molecule has 0 heterocycles. The topological polar surface area (TPSA) is 17.1 Å². The third-order valence-corrected chi connectivity index (χ3v) is 0.998. The molecule has 0 aromatic heterocycles. The van der Waals surface area contributed by atoms with Gasteiger partial charge in [0, 0.05) is 12.8 Å². The first kappa shape index (κ1) is 9.23. The molecule has 56 valence electrons. The predicted octanol–water partition coefficient (Wildman–Crippen LogP) is 2.01. The summed E-state index contributed by atoms with van der Waals surface area (Å²) in [6.45, 7) is 5.98. The Hall–Kier alpha value is -0.770. The summed E-state index contributed by atoms with van der Waals surface area (Å²) in [5, 5.41) is 0. The van der Waals surface area contributed by atoms with Crippen LogP contribution in [0.25, 0.3) is 0 Å². The van der Waals surface area contributed by atoms with Crippen LogP contribution in [0.4, 0.5) is 0 Å². The number of Topliss-reactive ketones (excluding diaryl/α,β-unsaturated/α-hetero) is 1. The Kier molecular flexibility index (Phi) is 4.66. The predicted molar refractivity (Wildman–Crippen MR) is 42.5 cm³/mol. The molecule has 1 heteroatoms. The quantitative estimate of drug-likeness (QED) is 0.421. The lowest BCUT2D eigenvalue weighted by Gasteiger charge is -1.95. The molecule has 0 amide bonds. The Morgan fingerprint density at radius 3 is 2.50 bits per heavy atom. The van der Waals surface area contributed by atoms with Crippen LogP contribution < -0.4 is 0 Å². The molecular weight excluding hydrogens is 124 g/mol. The number of hydrogen-bond acceptors (Lipinski definition) is 1. The zero-order chi connectivity index (χ0) is 7.98. The van der Waals surface area contributed by atoms with E-state index in [1.165, 1.54) is 0 Å². The molecule has 0 unspecified atom stereocenters. The number of rotatable bonds is 2. The average molecular weight is 138 g/mol. The summed E-state index contributed by atoms with van der Waals surface area (Å²) in [5.74, 6) is 5.82. The maximum Gasteiger partial charge on any atom is 0.205 e. The third kappa shape index (κ3) is 5.37. The first-order chi connectivity index (χ1) is 4.66. The molecule has 0 saturated heterocycles. The summed E-state index contributed by atoms with van der Waals surface area (Å²) in [7, 11) is 0. The van der Waals surface area contributed by atoms with E-state index in [-0.39, 0.29) is 5.78 Å². The summed E-state index contributed by atoms with van der Waals surface area (Å²) in [6, 6.07) is 0. The van der Waals surface area contributed by atoms with E-state index in [1.807, 2.05) is 20.8 Å². The second-order valence-corrected chi connectivity index (χ2v) is 2.68. The maximum atomic E-state index is 10.8. The van der Waals surface area contributed by atoms with Gasteiger partial charge >= 0.3 is 0 Å². The van der Waals surface area contributed by atoms with Gasteiger partial charge in [-0.3, -0.25) is 4.79 Å². The van der Waals surface area contributed by atoms with E-state index in [0.29, 0.717) is 12.3 Å². The van der Waals surface area contributed by atoms with E-state index in [9.17, 15) is 4.79 Å². The number of carbonyl (C=O) groups excluding carboxylic acids is 1. The fraction of sp³-hybridized carbons (Fsp3) is 0.667. The highest BCUT2D eigenvalue weighted by Gasteiger charge is 1.99. The van der Waals surface area contributed by atoms with Crippen molar-refractivity contribution >= 4 is 5.78 Å². The van der Waals surface area contributed by atoms with Gasteiger partial charge in [-0.05, 0) is 11.8 Å². The van der Waals surface area contributed by atoms with Crippen molar-refractivity contribution in [2.24, 2.45) is 5.92 Å². The van der Waals surface area contributed by atoms with E-state index in [2.05, 4.69) is 11.8 Å². The molecule has 0 atom stereocenters. The first-order valence-electron chi connectivity index (χ1n) is 3.68. The summed E-state index contributed by atoms with van der Waals surface area (Å²) < 4.78 is 0. The molecule has 0 aliphatic carbocycles. The van der Waals surface area contributed by atoms with Crippen molar-refractivity contribution in [2.75, 3.05) is 0 Å². The Balaban J connectivity index is 3.64. The molecule has 0 spiro atoms. The molecule has 0 rings (SSSR count). The molecule has 0 bridgehead atoms. The minimum atomic E-state index is 0.0665. The van der Waals surface area contributed by atoms with Crippen LogP contribution in [-0.4, -0.2) is 5.78 Å². The average Bonchev–Trinajstić information content (AvgIpc) is 1.82. The molecule has 0 aliphatic rings. The van der Waals surface area contributed by atoms with E-state index in [1.54, 1.807) is 0 Å². The van der Waals surface area contributed by atoms with Crippen molar-refractivity contribution in [3.05, 3.63) is 0 Å². The lowest BCUT2D eigenvalue weighted by atomic mass is 10.1. The van der Waals surface area contributed by atoms with Gasteiger partial charge in [0.1, 0.15) is 0 Å². The molecule has 0 saturated carbocycles. The first-order valence-corrected chi connectivity index (χ1v) is 3.68. The van der Waals surface area contributed by atoms with E-state index >= 15 is 0 Å². The highest BCUT2D eigenvalue weighted by Crippen LogP contribution is 1.98. The molecule has 10 heavy (non-hydrogen) atoms. The molecule has 0 radical (unpaired) electrons. The third-order valence-electron chi connectivity index (χ3n) is 0.998. The van der Waals surface area contributed by atoms with Gasteiger partial charge in [-0.25, -0.2) is 0 Å². The van der Waals surface area contributed by atoms with Gasteiger partial charge in [0.05, 0.1) is 0 Å². The lowest BCUT2D eigenvalue weighted by molar-refractivity contribution is -0.114. The minimum Gasteiger partial charge on any atom is -0.285 e. The molecule has 0 aromatic carbocycles. The highest BCUT2D eigenvalue weighted by molar-refractivity contribution is 5.95. The molecule has 0 aliphatic heterocycles. The van der Waals surface area contributed by atoms with Crippen LogP contribution in [0.5, 0.6) is 0 Å². The van der Waals surface area contributed by atoms with Gasteiger partial charge in [0.2, 0.25) is 5.78 Å². The summed E-state index contributed by atoms with van der Waals surface area (Å²) in [5.41, 5.74) is 0. The summed E-state index contributed by atoms with van der Waals surface area (Å²) in [6.07, 6.45) is 1.36. The van der Waals surface area contributed by atoms with Crippen molar-refractivity contribution in [2.45, 2.75) is 33.6 Å². The van der Waals surface area contributed by atoms with Crippen molar-refractivity contribution in [3.63, 3.8) is 0 Å². The van der Waals surface area contributed by atoms with Gasteiger partial charge in [0.25, 0.3) is 0 Å². The Morgan fingerprint density at radius 1 is 1.50 bits per heavy atom. The molecule has 0 aromatic rings. The highest BCUT2D eigenvalue weighted by atomic mass is 16.1. The van der Waals surface area contributed by atoms with Crippen molar-refractivity contribution in [1.82, 2.24) is 0 Å².